The molecule has 1 saturated heterocycles. The van der Waals surface area contributed by atoms with Crippen molar-refractivity contribution >= 4 is 22.5 Å². The summed E-state index contributed by atoms with van der Waals surface area (Å²) in [5, 5.41) is 10.0. The molecule has 5 nitrogen and oxygen atoms in total. The Hall–Kier alpha value is -1.98. The summed E-state index contributed by atoms with van der Waals surface area (Å²) in [5.74, 6) is 1.78. The monoisotopic (exact) mass is 355 g/mol. The number of aryl methyl sites for hydroxylation is 1. The third kappa shape index (κ3) is 3.67. The fraction of sp³-hybridized carbons (Fsp3) is 0.421. The summed E-state index contributed by atoms with van der Waals surface area (Å²) < 4.78 is 2.02. The lowest BCUT2D eigenvalue weighted by atomic mass is 9.93. The second-order valence-electron chi connectivity index (χ2n) is 6.90. The molecule has 0 spiro atoms. The average molecular weight is 356 g/mol. The quantitative estimate of drug-likeness (QED) is 0.719. The van der Waals surface area contributed by atoms with Gasteiger partial charge in [-0.1, -0.05) is 29.8 Å². The number of benzene rings is 1. The van der Waals surface area contributed by atoms with Gasteiger partial charge in [0.25, 0.3) is 0 Å². The Kier molecular flexibility index (Phi) is 4.68. The van der Waals surface area contributed by atoms with Crippen molar-refractivity contribution in [2.45, 2.75) is 25.8 Å². The first-order chi connectivity index (χ1) is 12.2. The zero-order valence-electron chi connectivity index (χ0n) is 14.4. The molecule has 0 aliphatic carbocycles. The Morgan fingerprint density at radius 2 is 2.00 bits per heavy atom. The van der Waals surface area contributed by atoms with Gasteiger partial charge in [0, 0.05) is 25.4 Å². The topological polar surface area (TPSA) is 46.8 Å². The van der Waals surface area contributed by atoms with Gasteiger partial charge < -0.3 is 4.57 Å². The molecule has 25 heavy (non-hydrogen) atoms. The van der Waals surface area contributed by atoms with E-state index in [-0.39, 0.29) is 0 Å². The van der Waals surface area contributed by atoms with Gasteiger partial charge in [-0.2, -0.15) is 0 Å². The molecular weight excluding hydrogens is 334 g/mol. The number of nitrogens with zero attached hydrogens (tertiary/aromatic N) is 5. The van der Waals surface area contributed by atoms with E-state index >= 15 is 0 Å². The first kappa shape index (κ1) is 16.5. The Morgan fingerprint density at radius 1 is 1.16 bits per heavy atom. The highest BCUT2D eigenvalue weighted by molar-refractivity contribution is 6.35. The van der Waals surface area contributed by atoms with E-state index in [4.69, 9.17) is 16.6 Å². The molecule has 6 heteroatoms. The number of hydrogen-bond donors (Lipinski definition) is 0. The number of para-hydroxylation sites is 1. The summed E-state index contributed by atoms with van der Waals surface area (Å²) in [4.78, 5) is 7.25. The maximum absolute atomic E-state index is 6.28. The van der Waals surface area contributed by atoms with Crippen LogP contribution in [0.4, 0.5) is 0 Å². The van der Waals surface area contributed by atoms with Gasteiger partial charge in [0.1, 0.15) is 12.2 Å². The normalized spacial score (nSPS) is 16.6. The Labute approximate surface area is 152 Å². The van der Waals surface area contributed by atoms with Crippen LogP contribution >= 0.6 is 11.6 Å². The molecule has 0 amide bonds. The standard InChI is InChI=1S/C19H22ClN5/c1-24-13-21-23-18(24)11-14-7-9-25(10-8-14)12-16-6-5-15-3-2-4-17(20)19(15)22-16/h2-6,13-14H,7-12H2,1H3. The summed E-state index contributed by atoms with van der Waals surface area (Å²) in [7, 11) is 2.01. The number of aromatic nitrogens is 4. The minimum atomic E-state index is 0.693. The molecule has 1 aliphatic rings. The second-order valence-corrected chi connectivity index (χ2v) is 7.30. The van der Waals surface area contributed by atoms with Gasteiger partial charge in [-0.15, -0.1) is 10.2 Å². The maximum atomic E-state index is 6.28. The van der Waals surface area contributed by atoms with Crippen LogP contribution in [0.1, 0.15) is 24.4 Å². The molecule has 0 saturated carbocycles. The van der Waals surface area contributed by atoms with Crippen molar-refractivity contribution in [3.05, 3.63) is 53.2 Å². The lowest BCUT2D eigenvalue weighted by Crippen LogP contribution is -2.34. The number of halogens is 1. The van der Waals surface area contributed by atoms with E-state index in [9.17, 15) is 0 Å². The van der Waals surface area contributed by atoms with Crippen LogP contribution in [0.3, 0.4) is 0 Å². The number of hydrogen-bond acceptors (Lipinski definition) is 4. The van der Waals surface area contributed by atoms with Crippen LogP contribution in [0.25, 0.3) is 10.9 Å². The van der Waals surface area contributed by atoms with E-state index in [1.165, 1.54) is 12.8 Å². The summed E-state index contributed by atoms with van der Waals surface area (Å²) in [6.07, 6.45) is 5.19. The number of fused-ring (bicyclic) bond motifs is 1. The fourth-order valence-corrected chi connectivity index (χ4v) is 3.79. The molecule has 1 aliphatic heterocycles. The third-order valence-corrected chi connectivity index (χ3v) is 5.40. The minimum absolute atomic E-state index is 0.693. The predicted molar refractivity (Wildman–Crippen MR) is 99.5 cm³/mol. The third-order valence-electron chi connectivity index (χ3n) is 5.10. The molecule has 1 aromatic carbocycles. The van der Waals surface area contributed by atoms with E-state index < -0.39 is 0 Å². The fourth-order valence-electron chi connectivity index (χ4n) is 3.57. The van der Waals surface area contributed by atoms with Crippen LogP contribution in [0.5, 0.6) is 0 Å². The van der Waals surface area contributed by atoms with E-state index in [0.717, 1.165) is 53.5 Å². The SMILES string of the molecule is Cn1cnnc1CC1CCN(Cc2ccc3cccc(Cl)c3n2)CC1. The summed E-state index contributed by atoms with van der Waals surface area (Å²) in [6.45, 7) is 3.09. The smallest absolute Gasteiger partial charge is 0.132 e. The molecule has 0 bridgehead atoms. The van der Waals surface area contributed by atoms with Gasteiger partial charge in [-0.05, 0) is 44.0 Å². The summed E-state index contributed by atoms with van der Waals surface area (Å²) >= 11 is 6.28. The molecule has 0 radical (unpaired) electrons. The van der Waals surface area contributed by atoms with Gasteiger partial charge in [0.2, 0.25) is 0 Å². The van der Waals surface area contributed by atoms with Crippen LogP contribution in [0.2, 0.25) is 5.02 Å². The van der Waals surface area contributed by atoms with E-state index in [0.29, 0.717) is 5.92 Å². The highest BCUT2D eigenvalue weighted by atomic mass is 35.5. The van der Waals surface area contributed by atoms with Crippen molar-refractivity contribution in [3.8, 4) is 0 Å². The van der Waals surface area contributed by atoms with Crippen LogP contribution in [0, 0.1) is 5.92 Å². The molecule has 0 atom stereocenters. The largest absolute Gasteiger partial charge is 0.321 e. The number of likely N-dealkylation sites (tertiary alicyclic amines) is 1. The van der Waals surface area contributed by atoms with Crippen LogP contribution in [0.15, 0.2) is 36.7 Å². The Balaban J connectivity index is 1.37. The second kappa shape index (κ2) is 7.10. The zero-order chi connectivity index (χ0) is 17.2. The molecule has 130 valence electrons. The summed E-state index contributed by atoms with van der Waals surface area (Å²) in [5.41, 5.74) is 1.99. The highest BCUT2D eigenvalue weighted by Crippen LogP contribution is 2.24. The first-order valence-corrected chi connectivity index (χ1v) is 9.16. The Morgan fingerprint density at radius 3 is 2.76 bits per heavy atom. The average Bonchev–Trinajstić information content (AvgIpc) is 3.02. The predicted octanol–water partition coefficient (Wildman–Crippen LogP) is 3.47. The van der Waals surface area contributed by atoms with Gasteiger partial charge in [-0.3, -0.25) is 4.90 Å². The van der Waals surface area contributed by atoms with Crippen molar-refractivity contribution in [3.63, 3.8) is 0 Å². The van der Waals surface area contributed by atoms with Crippen molar-refractivity contribution in [2.75, 3.05) is 13.1 Å². The lowest BCUT2D eigenvalue weighted by molar-refractivity contribution is 0.174. The molecule has 4 rings (SSSR count). The van der Waals surface area contributed by atoms with Crippen molar-refractivity contribution < 1.29 is 0 Å². The van der Waals surface area contributed by atoms with E-state index in [1.807, 2.05) is 23.7 Å². The van der Waals surface area contributed by atoms with E-state index in [1.54, 1.807) is 6.33 Å². The minimum Gasteiger partial charge on any atom is -0.321 e. The Bertz CT molecular complexity index is 867. The molecule has 3 aromatic rings. The number of piperidine rings is 1. The number of pyridine rings is 1. The van der Waals surface area contributed by atoms with E-state index in [2.05, 4.69) is 33.3 Å². The van der Waals surface area contributed by atoms with Crippen molar-refractivity contribution in [1.29, 1.82) is 0 Å². The molecular formula is C19H22ClN5. The van der Waals surface area contributed by atoms with Crippen LogP contribution < -0.4 is 0 Å². The molecule has 2 aromatic heterocycles. The van der Waals surface area contributed by atoms with Gasteiger partial charge in [-0.25, -0.2) is 4.98 Å². The first-order valence-electron chi connectivity index (χ1n) is 8.78. The number of rotatable bonds is 4. The van der Waals surface area contributed by atoms with Gasteiger partial charge in [0.05, 0.1) is 16.2 Å². The van der Waals surface area contributed by atoms with Crippen molar-refractivity contribution in [1.82, 2.24) is 24.6 Å². The maximum Gasteiger partial charge on any atom is 0.132 e. The molecule has 1 fully saturated rings. The molecule has 3 heterocycles. The van der Waals surface area contributed by atoms with Crippen LogP contribution in [-0.2, 0) is 20.0 Å². The summed E-state index contributed by atoms with van der Waals surface area (Å²) in [6, 6.07) is 10.1. The van der Waals surface area contributed by atoms with Gasteiger partial charge >= 0.3 is 0 Å². The molecule has 0 N–H and O–H groups in total. The van der Waals surface area contributed by atoms with Crippen LogP contribution in [-0.4, -0.2) is 37.7 Å². The van der Waals surface area contributed by atoms with Crippen molar-refractivity contribution in [2.24, 2.45) is 13.0 Å². The highest BCUT2D eigenvalue weighted by Gasteiger charge is 2.21. The zero-order valence-corrected chi connectivity index (χ0v) is 15.2. The molecule has 0 unspecified atom stereocenters. The lowest BCUT2D eigenvalue weighted by Gasteiger charge is -2.31. The van der Waals surface area contributed by atoms with Gasteiger partial charge in [0.15, 0.2) is 0 Å².